The lowest BCUT2D eigenvalue weighted by Crippen LogP contribution is -2.23. The number of benzene rings is 2. The Morgan fingerprint density at radius 2 is 1.89 bits per heavy atom. The first-order chi connectivity index (χ1) is 13.1. The second-order valence-electron chi connectivity index (χ2n) is 5.98. The molecule has 27 heavy (non-hydrogen) atoms. The minimum absolute atomic E-state index is 0.142. The summed E-state index contributed by atoms with van der Waals surface area (Å²) in [6.45, 7) is 1.99. The molecule has 0 aliphatic rings. The van der Waals surface area contributed by atoms with Crippen molar-refractivity contribution in [1.82, 2.24) is 14.6 Å². The third kappa shape index (κ3) is 2.96. The van der Waals surface area contributed by atoms with E-state index in [1.807, 2.05) is 49.4 Å². The van der Waals surface area contributed by atoms with Crippen LogP contribution in [0, 0.1) is 6.92 Å². The van der Waals surface area contributed by atoms with Gasteiger partial charge in [0.1, 0.15) is 11.5 Å². The topological polar surface area (TPSA) is 65.7 Å². The van der Waals surface area contributed by atoms with Crippen LogP contribution in [-0.4, -0.2) is 28.8 Å². The van der Waals surface area contributed by atoms with Crippen molar-refractivity contribution in [3.8, 4) is 22.9 Å². The van der Waals surface area contributed by atoms with E-state index in [4.69, 9.17) is 9.47 Å². The average Bonchev–Trinajstić information content (AvgIpc) is 3.23. The molecule has 0 amide bonds. The van der Waals surface area contributed by atoms with E-state index in [9.17, 15) is 4.79 Å². The Balaban J connectivity index is 1.91. The first-order valence-electron chi connectivity index (χ1n) is 8.30. The molecular formula is C20H17N3O3S. The fourth-order valence-corrected chi connectivity index (χ4v) is 3.84. The molecule has 0 atom stereocenters. The van der Waals surface area contributed by atoms with Crippen LogP contribution in [0.3, 0.4) is 0 Å². The molecule has 0 saturated heterocycles. The molecule has 0 fully saturated rings. The number of aryl methyl sites for hydroxylation is 1. The van der Waals surface area contributed by atoms with Gasteiger partial charge in [-0.15, -0.1) is 10.2 Å². The standard InChI is InChI=1S/C20H17N3O3S/c1-12-6-4-5-7-15(12)18-21-22-20-23(18)19(24)17(27-20)10-13-8-9-14(25-2)11-16(13)26-3/h4-11H,1-3H3. The molecule has 0 unspecified atom stereocenters. The Labute approximate surface area is 159 Å². The maximum Gasteiger partial charge on any atom is 0.276 e. The number of hydrogen-bond donors (Lipinski definition) is 0. The summed E-state index contributed by atoms with van der Waals surface area (Å²) in [6.07, 6.45) is 1.81. The van der Waals surface area contributed by atoms with Gasteiger partial charge in [0.15, 0.2) is 5.82 Å². The second-order valence-corrected chi connectivity index (χ2v) is 6.99. The number of fused-ring (bicyclic) bond motifs is 1. The number of rotatable bonds is 4. The van der Waals surface area contributed by atoms with Gasteiger partial charge in [0.2, 0.25) is 4.96 Å². The lowest BCUT2D eigenvalue weighted by Gasteiger charge is -2.06. The lowest BCUT2D eigenvalue weighted by molar-refractivity contribution is 0.393. The summed E-state index contributed by atoms with van der Waals surface area (Å²) in [5, 5.41) is 8.41. The molecule has 6 nitrogen and oxygen atoms in total. The summed E-state index contributed by atoms with van der Waals surface area (Å²) in [6, 6.07) is 13.3. The SMILES string of the molecule is COc1ccc(C=c2sc3nnc(-c4ccccc4C)n3c2=O)c(OC)c1. The Bertz CT molecular complexity index is 1240. The van der Waals surface area contributed by atoms with E-state index in [-0.39, 0.29) is 5.56 Å². The second kappa shape index (κ2) is 6.85. The van der Waals surface area contributed by atoms with Gasteiger partial charge in [-0.1, -0.05) is 35.6 Å². The zero-order chi connectivity index (χ0) is 19.0. The van der Waals surface area contributed by atoms with Crippen LogP contribution in [0.2, 0.25) is 0 Å². The minimum Gasteiger partial charge on any atom is -0.497 e. The molecular weight excluding hydrogens is 362 g/mol. The molecule has 0 aliphatic heterocycles. The molecule has 136 valence electrons. The van der Waals surface area contributed by atoms with Crippen molar-refractivity contribution in [1.29, 1.82) is 0 Å². The van der Waals surface area contributed by atoms with Gasteiger partial charge in [0.05, 0.1) is 18.8 Å². The van der Waals surface area contributed by atoms with Gasteiger partial charge in [-0.05, 0) is 30.7 Å². The van der Waals surface area contributed by atoms with Crippen LogP contribution < -0.4 is 19.6 Å². The molecule has 2 aromatic carbocycles. The van der Waals surface area contributed by atoms with Gasteiger partial charge < -0.3 is 9.47 Å². The molecule has 0 aliphatic carbocycles. The van der Waals surface area contributed by atoms with E-state index >= 15 is 0 Å². The summed E-state index contributed by atoms with van der Waals surface area (Å²) in [4.78, 5) is 13.6. The van der Waals surface area contributed by atoms with Crippen LogP contribution in [0.25, 0.3) is 22.4 Å². The van der Waals surface area contributed by atoms with Gasteiger partial charge in [-0.3, -0.25) is 4.79 Å². The van der Waals surface area contributed by atoms with Gasteiger partial charge in [-0.2, -0.15) is 0 Å². The summed E-state index contributed by atoms with van der Waals surface area (Å²) >= 11 is 1.30. The fourth-order valence-electron chi connectivity index (χ4n) is 2.94. The molecule has 2 aromatic heterocycles. The highest BCUT2D eigenvalue weighted by atomic mass is 32.1. The summed E-state index contributed by atoms with van der Waals surface area (Å²) < 4.78 is 12.8. The lowest BCUT2D eigenvalue weighted by atomic mass is 10.1. The van der Waals surface area contributed by atoms with E-state index in [0.29, 0.717) is 26.8 Å². The van der Waals surface area contributed by atoms with Crippen LogP contribution in [0.15, 0.2) is 47.3 Å². The van der Waals surface area contributed by atoms with Gasteiger partial charge in [-0.25, -0.2) is 4.40 Å². The van der Waals surface area contributed by atoms with Crippen LogP contribution in [0.5, 0.6) is 11.5 Å². The summed E-state index contributed by atoms with van der Waals surface area (Å²) in [5.74, 6) is 1.89. The zero-order valence-electron chi connectivity index (χ0n) is 15.1. The summed E-state index contributed by atoms with van der Waals surface area (Å²) in [5.41, 5.74) is 2.59. The minimum atomic E-state index is -0.142. The van der Waals surface area contributed by atoms with E-state index in [1.165, 1.54) is 11.3 Å². The number of methoxy groups -OCH3 is 2. The summed E-state index contributed by atoms with van der Waals surface area (Å²) in [7, 11) is 3.19. The van der Waals surface area contributed by atoms with Crippen molar-refractivity contribution < 1.29 is 9.47 Å². The molecule has 4 rings (SSSR count). The van der Waals surface area contributed by atoms with Crippen LogP contribution in [-0.2, 0) is 0 Å². The number of thiazole rings is 1. The Hall–Kier alpha value is -3.19. The van der Waals surface area contributed by atoms with Gasteiger partial charge >= 0.3 is 0 Å². The highest BCUT2D eigenvalue weighted by Gasteiger charge is 2.15. The molecule has 2 heterocycles. The van der Waals surface area contributed by atoms with Crippen molar-refractivity contribution in [2.45, 2.75) is 6.92 Å². The third-order valence-electron chi connectivity index (χ3n) is 4.36. The predicted molar refractivity (Wildman–Crippen MR) is 106 cm³/mol. The van der Waals surface area contributed by atoms with E-state index in [1.54, 1.807) is 24.7 Å². The number of ether oxygens (including phenoxy) is 2. The maximum absolute atomic E-state index is 13.0. The monoisotopic (exact) mass is 379 g/mol. The van der Waals surface area contributed by atoms with Crippen LogP contribution >= 0.6 is 11.3 Å². The molecule has 0 bridgehead atoms. The van der Waals surface area contributed by atoms with Gasteiger partial charge in [0, 0.05) is 17.2 Å². The highest BCUT2D eigenvalue weighted by molar-refractivity contribution is 7.15. The maximum atomic E-state index is 13.0. The van der Waals surface area contributed by atoms with Crippen LogP contribution in [0.1, 0.15) is 11.1 Å². The number of nitrogens with zero attached hydrogens (tertiary/aromatic N) is 3. The zero-order valence-corrected chi connectivity index (χ0v) is 15.9. The molecule has 0 spiro atoms. The average molecular weight is 379 g/mol. The van der Waals surface area contributed by atoms with E-state index in [2.05, 4.69) is 10.2 Å². The Morgan fingerprint density at radius 1 is 1.07 bits per heavy atom. The van der Waals surface area contributed by atoms with Crippen molar-refractivity contribution in [3.05, 3.63) is 68.5 Å². The largest absolute Gasteiger partial charge is 0.497 e. The molecule has 4 aromatic rings. The predicted octanol–water partition coefficient (Wildman–Crippen LogP) is 2.69. The van der Waals surface area contributed by atoms with Crippen LogP contribution in [0.4, 0.5) is 0 Å². The van der Waals surface area contributed by atoms with Crippen molar-refractivity contribution in [2.75, 3.05) is 14.2 Å². The van der Waals surface area contributed by atoms with E-state index in [0.717, 1.165) is 16.7 Å². The normalized spacial score (nSPS) is 11.9. The molecule has 0 saturated carbocycles. The third-order valence-corrected chi connectivity index (χ3v) is 5.32. The molecule has 7 heteroatoms. The fraction of sp³-hybridized carbons (Fsp3) is 0.150. The first kappa shape index (κ1) is 17.2. The molecule has 0 N–H and O–H groups in total. The molecule has 0 radical (unpaired) electrons. The van der Waals surface area contributed by atoms with Crippen molar-refractivity contribution in [3.63, 3.8) is 0 Å². The number of aromatic nitrogens is 3. The van der Waals surface area contributed by atoms with E-state index < -0.39 is 0 Å². The first-order valence-corrected chi connectivity index (χ1v) is 9.11. The van der Waals surface area contributed by atoms with Crippen molar-refractivity contribution >= 4 is 22.4 Å². The van der Waals surface area contributed by atoms with Crippen molar-refractivity contribution in [2.24, 2.45) is 0 Å². The highest BCUT2D eigenvalue weighted by Crippen LogP contribution is 2.25. The Morgan fingerprint density at radius 3 is 2.63 bits per heavy atom. The Kier molecular flexibility index (Phi) is 4.37. The number of hydrogen-bond acceptors (Lipinski definition) is 6. The smallest absolute Gasteiger partial charge is 0.276 e. The van der Waals surface area contributed by atoms with Gasteiger partial charge in [0.25, 0.3) is 5.56 Å². The quantitative estimate of drug-likeness (QED) is 0.545.